The monoisotopic (exact) mass is 393 g/mol. The predicted octanol–water partition coefficient (Wildman–Crippen LogP) is 4.52. The lowest BCUT2D eigenvalue weighted by Crippen LogP contribution is -1.98. The Morgan fingerprint density at radius 1 is 1.07 bits per heavy atom. The number of benzene rings is 2. The number of ether oxygens (including phenoxy) is 2. The fourth-order valence-corrected chi connectivity index (χ4v) is 2.53. The van der Waals surface area contributed by atoms with Gasteiger partial charge in [0.05, 0.1) is 12.8 Å². The third-order valence-corrected chi connectivity index (χ3v) is 4.07. The molecule has 2 aromatic carbocycles. The normalized spacial score (nSPS) is 10.8. The van der Waals surface area contributed by atoms with Gasteiger partial charge in [-0.3, -0.25) is 9.79 Å². The minimum absolute atomic E-state index is 0.00888. The minimum Gasteiger partial charge on any atom is -0.493 e. The van der Waals surface area contributed by atoms with Gasteiger partial charge in [-0.05, 0) is 67.1 Å². The van der Waals surface area contributed by atoms with Crippen LogP contribution < -0.4 is 9.47 Å². The molecule has 3 aromatic rings. The van der Waals surface area contributed by atoms with E-state index in [-0.39, 0.29) is 18.2 Å². The van der Waals surface area contributed by atoms with Crippen molar-refractivity contribution in [3.63, 3.8) is 0 Å². The minimum atomic E-state index is -1.13. The third-order valence-electron chi connectivity index (χ3n) is 4.07. The Bertz CT molecular complexity index is 1050. The average Bonchev–Trinajstić information content (AvgIpc) is 3.20. The van der Waals surface area contributed by atoms with E-state index in [0.29, 0.717) is 22.8 Å². The molecule has 0 aliphatic heterocycles. The maximum atomic E-state index is 11.3. The number of carboxylic acids is 1. The molecule has 148 valence electrons. The number of furan rings is 1. The van der Waals surface area contributed by atoms with Crippen molar-refractivity contribution in [2.45, 2.75) is 13.5 Å². The van der Waals surface area contributed by atoms with Gasteiger partial charge in [0.25, 0.3) is 0 Å². The summed E-state index contributed by atoms with van der Waals surface area (Å²) >= 11 is 0. The summed E-state index contributed by atoms with van der Waals surface area (Å²) in [6, 6.07) is 15.3. The molecule has 1 aromatic heterocycles. The van der Waals surface area contributed by atoms with Crippen LogP contribution in [-0.4, -0.2) is 30.2 Å². The van der Waals surface area contributed by atoms with E-state index < -0.39 is 5.97 Å². The zero-order chi connectivity index (χ0) is 20.8. The van der Waals surface area contributed by atoms with Crippen LogP contribution in [0.3, 0.4) is 0 Å². The number of aromatic carboxylic acids is 1. The second-order valence-electron chi connectivity index (χ2n) is 6.13. The molecule has 0 unspecified atom stereocenters. The Labute approximate surface area is 167 Å². The van der Waals surface area contributed by atoms with Crippen molar-refractivity contribution in [2.75, 3.05) is 7.11 Å². The third kappa shape index (κ3) is 5.10. The van der Waals surface area contributed by atoms with Crippen molar-refractivity contribution in [3.8, 4) is 11.5 Å². The number of ketones is 1. The predicted molar refractivity (Wildman–Crippen MR) is 107 cm³/mol. The largest absolute Gasteiger partial charge is 0.493 e. The van der Waals surface area contributed by atoms with Crippen LogP contribution in [-0.2, 0) is 6.61 Å². The van der Waals surface area contributed by atoms with Gasteiger partial charge in [0, 0.05) is 11.8 Å². The topological polar surface area (TPSA) is 98.3 Å². The van der Waals surface area contributed by atoms with E-state index in [1.807, 2.05) is 6.07 Å². The Kier molecular flexibility index (Phi) is 6.09. The number of rotatable bonds is 8. The molecule has 0 amide bonds. The standard InChI is InChI=1S/C22H19NO6/c1-14(24)16-4-6-17(7-5-16)23-12-15-3-9-19(21(11-15)27-2)28-13-18-8-10-20(29-18)22(25)26/h3-12H,13H2,1-2H3,(H,25,26). The highest BCUT2D eigenvalue weighted by Crippen LogP contribution is 2.29. The van der Waals surface area contributed by atoms with E-state index in [1.54, 1.807) is 48.7 Å². The molecule has 0 saturated heterocycles. The van der Waals surface area contributed by atoms with Crippen LogP contribution in [0.25, 0.3) is 0 Å². The zero-order valence-electron chi connectivity index (χ0n) is 15.9. The first-order chi connectivity index (χ1) is 14.0. The summed E-state index contributed by atoms with van der Waals surface area (Å²) in [7, 11) is 1.53. The number of hydrogen-bond donors (Lipinski definition) is 1. The number of methoxy groups -OCH3 is 1. The van der Waals surface area contributed by atoms with Gasteiger partial charge in [-0.25, -0.2) is 4.79 Å². The second kappa shape index (κ2) is 8.88. The number of carbonyl (C=O) groups excluding carboxylic acids is 1. The summed E-state index contributed by atoms with van der Waals surface area (Å²) in [5.41, 5.74) is 2.16. The second-order valence-corrected chi connectivity index (χ2v) is 6.13. The first kappa shape index (κ1) is 19.9. The number of carboxylic acid groups (broad SMARTS) is 1. The van der Waals surface area contributed by atoms with Gasteiger partial charge >= 0.3 is 5.97 Å². The van der Waals surface area contributed by atoms with Crippen LogP contribution in [0.4, 0.5) is 5.69 Å². The highest BCUT2D eigenvalue weighted by atomic mass is 16.5. The van der Waals surface area contributed by atoms with Gasteiger partial charge < -0.3 is 19.0 Å². The molecule has 29 heavy (non-hydrogen) atoms. The average molecular weight is 393 g/mol. The van der Waals surface area contributed by atoms with Gasteiger partial charge in [0.1, 0.15) is 12.4 Å². The Morgan fingerprint density at radius 3 is 2.45 bits per heavy atom. The van der Waals surface area contributed by atoms with E-state index in [4.69, 9.17) is 19.0 Å². The maximum Gasteiger partial charge on any atom is 0.371 e. The Hall–Kier alpha value is -3.87. The lowest BCUT2D eigenvalue weighted by atomic mass is 10.1. The fourth-order valence-electron chi connectivity index (χ4n) is 2.53. The molecule has 0 aliphatic carbocycles. The molecular weight excluding hydrogens is 374 g/mol. The van der Waals surface area contributed by atoms with E-state index in [0.717, 1.165) is 11.3 Å². The van der Waals surface area contributed by atoms with Crippen LogP contribution >= 0.6 is 0 Å². The van der Waals surface area contributed by atoms with Gasteiger partial charge in [0.15, 0.2) is 17.3 Å². The molecule has 7 heteroatoms. The van der Waals surface area contributed by atoms with Gasteiger partial charge in [-0.15, -0.1) is 0 Å². The highest BCUT2D eigenvalue weighted by molar-refractivity contribution is 5.94. The molecule has 0 fully saturated rings. The Morgan fingerprint density at radius 2 is 1.83 bits per heavy atom. The lowest BCUT2D eigenvalue weighted by molar-refractivity contribution is 0.0658. The van der Waals surface area contributed by atoms with E-state index in [2.05, 4.69) is 4.99 Å². The molecule has 0 bridgehead atoms. The first-order valence-corrected chi connectivity index (χ1v) is 8.74. The molecule has 0 saturated carbocycles. The van der Waals surface area contributed by atoms with Crippen LogP contribution in [0.2, 0.25) is 0 Å². The van der Waals surface area contributed by atoms with Gasteiger partial charge in [-0.1, -0.05) is 0 Å². The summed E-state index contributed by atoms with van der Waals surface area (Å²) in [5, 5.41) is 8.88. The number of aliphatic imine (C=N–C) groups is 1. The molecule has 1 N–H and O–H groups in total. The fraction of sp³-hybridized carbons (Fsp3) is 0.136. The Balaban J connectivity index is 1.68. The number of carbonyl (C=O) groups is 2. The van der Waals surface area contributed by atoms with Crippen LogP contribution in [0, 0.1) is 0 Å². The van der Waals surface area contributed by atoms with Crippen molar-refractivity contribution in [2.24, 2.45) is 4.99 Å². The SMILES string of the molecule is COc1cc(C=Nc2ccc(C(C)=O)cc2)ccc1OCc1ccc(C(=O)O)o1. The van der Waals surface area contributed by atoms with Crippen molar-refractivity contribution >= 4 is 23.7 Å². The summed E-state index contributed by atoms with van der Waals surface area (Å²) in [6.07, 6.45) is 1.68. The number of Topliss-reactive ketones (excluding diaryl/α,β-unsaturated/α-hetero) is 1. The van der Waals surface area contributed by atoms with E-state index in [1.165, 1.54) is 20.1 Å². The molecule has 0 radical (unpaired) electrons. The summed E-state index contributed by atoms with van der Waals surface area (Å²) < 4.78 is 16.2. The van der Waals surface area contributed by atoms with Crippen molar-refractivity contribution < 1.29 is 28.6 Å². The summed E-state index contributed by atoms with van der Waals surface area (Å²) in [4.78, 5) is 26.6. The smallest absolute Gasteiger partial charge is 0.371 e. The maximum absolute atomic E-state index is 11.3. The molecular formula is C22H19NO6. The van der Waals surface area contributed by atoms with Crippen molar-refractivity contribution in [1.82, 2.24) is 0 Å². The lowest BCUT2D eigenvalue weighted by Gasteiger charge is -2.10. The van der Waals surface area contributed by atoms with E-state index in [9.17, 15) is 9.59 Å². The van der Waals surface area contributed by atoms with E-state index >= 15 is 0 Å². The molecule has 0 aliphatic rings. The quantitative estimate of drug-likeness (QED) is 0.446. The number of hydrogen-bond acceptors (Lipinski definition) is 6. The zero-order valence-corrected chi connectivity index (χ0v) is 15.9. The van der Waals surface area contributed by atoms with Crippen molar-refractivity contribution in [1.29, 1.82) is 0 Å². The molecule has 0 spiro atoms. The van der Waals surface area contributed by atoms with Crippen LogP contribution in [0.1, 0.15) is 39.2 Å². The van der Waals surface area contributed by atoms with Crippen molar-refractivity contribution in [3.05, 3.63) is 77.2 Å². The summed E-state index contributed by atoms with van der Waals surface area (Å²) in [5.74, 6) is 0.125. The number of nitrogens with zero attached hydrogens (tertiary/aromatic N) is 1. The molecule has 0 atom stereocenters. The van der Waals surface area contributed by atoms with Gasteiger partial charge in [0.2, 0.25) is 5.76 Å². The molecule has 7 nitrogen and oxygen atoms in total. The van der Waals surface area contributed by atoms with Gasteiger partial charge in [-0.2, -0.15) is 0 Å². The molecule has 3 rings (SSSR count). The highest BCUT2D eigenvalue weighted by Gasteiger charge is 2.11. The van der Waals surface area contributed by atoms with Crippen LogP contribution in [0.5, 0.6) is 11.5 Å². The molecule has 1 heterocycles. The van der Waals surface area contributed by atoms with Crippen LogP contribution in [0.15, 0.2) is 64.0 Å². The first-order valence-electron chi connectivity index (χ1n) is 8.74. The summed E-state index contributed by atoms with van der Waals surface area (Å²) in [6.45, 7) is 1.59.